The van der Waals surface area contributed by atoms with Gasteiger partial charge in [-0.1, -0.05) is 6.07 Å². The number of tetrazole rings is 1. The van der Waals surface area contributed by atoms with Crippen LogP contribution in [0.5, 0.6) is 0 Å². The number of aliphatic hydroxyl groups excluding tert-OH is 1. The lowest BCUT2D eigenvalue weighted by molar-refractivity contribution is 0.0902. The molecule has 0 saturated heterocycles. The number of hydrogen-bond donors (Lipinski definition) is 1. The van der Waals surface area contributed by atoms with Crippen LogP contribution in [0.3, 0.4) is 0 Å². The summed E-state index contributed by atoms with van der Waals surface area (Å²) in [5.41, 5.74) is -0.0812. The van der Waals surface area contributed by atoms with Crippen LogP contribution >= 0.6 is 0 Å². The van der Waals surface area contributed by atoms with Crippen molar-refractivity contribution >= 4 is 5.78 Å². The van der Waals surface area contributed by atoms with Crippen molar-refractivity contribution in [2.75, 3.05) is 6.61 Å². The normalized spacial score (nSPS) is 10.8. The number of rotatable bonds is 5. The van der Waals surface area contributed by atoms with E-state index in [4.69, 9.17) is 5.11 Å². The number of benzene rings is 1. The van der Waals surface area contributed by atoms with E-state index in [0.717, 1.165) is 12.1 Å². The van der Waals surface area contributed by atoms with Gasteiger partial charge in [0.1, 0.15) is 23.9 Å². The molecule has 0 atom stereocenters. The van der Waals surface area contributed by atoms with Crippen molar-refractivity contribution in [3.05, 3.63) is 59.3 Å². The van der Waals surface area contributed by atoms with Gasteiger partial charge in [-0.25, -0.2) is 13.5 Å². The van der Waals surface area contributed by atoms with E-state index in [-0.39, 0.29) is 23.5 Å². The van der Waals surface area contributed by atoms with Gasteiger partial charge in [-0.3, -0.25) is 9.78 Å². The Bertz CT molecular complexity index is 860. The van der Waals surface area contributed by atoms with Gasteiger partial charge in [-0.05, 0) is 34.7 Å². The summed E-state index contributed by atoms with van der Waals surface area (Å²) in [6.45, 7) is -1.10. The summed E-state index contributed by atoms with van der Waals surface area (Å²) < 4.78 is 29.5. The molecule has 2 aromatic heterocycles. The second-order valence-electron chi connectivity index (χ2n) is 4.87. The van der Waals surface area contributed by atoms with E-state index in [2.05, 4.69) is 20.5 Å². The molecule has 1 aromatic carbocycles. The average Bonchev–Trinajstić information content (AvgIpc) is 3.06. The Balaban J connectivity index is 1.96. The Morgan fingerprint density at radius 1 is 1.21 bits per heavy atom. The molecule has 1 N–H and O–H groups in total. The molecule has 9 heteroatoms. The number of pyridine rings is 1. The first-order valence-corrected chi connectivity index (χ1v) is 6.89. The molecule has 2 heterocycles. The fourth-order valence-corrected chi connectivity index (χ4v) is 2.15. The first-order chi connectivity index (χ1) is 11.6. The lowest BCUT2D eigenvalue weighted by Crippen LogP contribution is -2.11. The number of hydrogen-bond acceptors (Lipinski definition) is 6. The molecular weight excluding hydrogens is 320 g/mol. The predicted molar refractivity (Wildman–Crippen MR) is 77.9 cm³/mol. The smallest absolute Gasteiger partial charge is 0.200 e. The van der Waals surface area contributed by atoms with Crippen LogP contribution in [0.4, 0.5) is 8.78 Å². The Morgan fingerprint density at radius 2 is 1.96 bits per heavy atom. The second kappa shape index (κ2) is 6.59. The lowest BCUT2D eigenvalue weighted by atomic mass is 10.1. The molecule has 3 rings (SSSR count). The molecule has 0 aliphatic heterocycles. The van der Waals surface area contributed by atoms with Crippen molar-refractivity contribution in [2.24, 2.45) is 0 Å². The highest BCUT2D eigenvalue weighted by Gasteiger charge is 2.18. The molecule has 3 aromatic rings. The summed E-state index contributed by atoms with van der Waals surface area (Å²) in [7, 11) is 0. The fraction of sp³-hybridized carbons (Fsp3) is 0.133. The Morgan fingerprint density at radius 3 is 2.58 bits per heavy atom. The number of halogens is 2. The van der Waals surface area contributed by atoms with E-state index in [0.29, 0.717) is 5.69 Å². The summed E-state index contributed by atoms with van der Waals surface area (Å²) in [6.07, 6.45) is 1.55. The number of ketones is 1. The first kappa shape index (κ1) is 15.8. The van der Waals surface area contributed by atoms with Crippen LogP contribution in [-0.4, -0.2) is 42.7 Å². The van der Waals surface area contributed by atoms with Crippen molar-refractivity contribution < 1.29 is 18.7 Å². The monoisotopic (exact) mass is 331 g/mol. The van der Waals surface area contributed by atoms with Gasteiger partial charge < -0.3 is 5.11 Å². The van der Waals surface area contributed by atoms with Gasteiger partial charge in [-0.15, -0.1) is 5.10 Å². The van der Waals surface area contributed by atoms with Crippen LogP contribution in [0.25, 0.3) is 11.5 Å². The van der Waals surface area contributed by atoms with E-state index < -0.39 is 24.0 Å². The SMILES string of the molecule is O=C(CO)c1cc(F)c(Cn2nnnc2-c2ccccn2)c(F)c1. The van der Waals surface area contributed by atoms with Gasteiger partial charge in [0.05, 0.1) is 6.54 Å². The van der Waals surface area contributed by atoms with Crippen molar-refractivity contribution in [3.63, 3.8) is 0 Å². The summed E-state index contributed by atoms with van der Waals surface area (Å²) in [5.74, 6) is -2.36. The molecule has 0 fully saturated rings. The standard InChI is InChI=1S/C15H11F2N5O2/c16-11-5-9(14(24)8-23)6-12(17)10(11)7-22-15(19-20-21-22)13-3-1-2-4-18-13/h1-6,23H,7-8H2. The minimum absolute atomic E-state index is 0.238. The molecule has 0 amide bonds. The van der Waals surface area contributed by atoms with E-state index in [9.17, 15) is 13.6 Å². The third kappa shape index (κ3) is 3.01. The van der Waals surface area contributed by atoms with Crippen molar-refractivity contribution in [1.29, 1.82) is 0 Å². The van der Waals surface area contributed by atoms with E-state index in [1.54, 1.807) is 24.4 Å². The molecule has 0 bridgehead atoms. The van der Waals surface area contributed by atoms with E-state index in [1.807, 2.05) is 0 Å². The van der Waals surface area contributed by atoms with Crippen molar-refractivity contribution in [1.82, 2.24) is 25.2 Å². The second-order valence-corrected chi connectivity index (χ2v) is 4.87. The van der Waals surface area contributed by atoms with Gasteiger partial charge in [0.15, 0.2) is 5.78 Å². The fourth-order valence-electron chi connectivity index (χ4n) is 2.15. The van der Waals surface area contributed by atoms with E-state index in [1.165, 1.54) is 4.68 Å². The molecule has 0 unspecified atom stereocenters. The van der Waals surface area contributed by atoms with Gasteiger partial charge in [-0.2, -0.15) is 0 Å². The van der Waals surface area contributed by atoms with Gasteiger partial charge in [0.25, 0.3) is 0 Å². The van der Waals surface area contributed by atoms with Crippen LogP contribution < -0.4 is 0 Å². The van der Waals surface area contributed by atoms with Gasteiger partial charge in [0.2, 0.25) is 5.82 Å². The van der Waals surface area contributed by atoms with Crippen LogP contribution in [-0.2, 0) is 6.54 Å². The minimum Gasteiger partial charge on any atom is -0.388 e. The van der Waals surface area contributed by atoms with Crippen LogP contribution in [0.15, 0.2) is 36.5 Å². The lowest BCUT2D eigenvalue weighted by Gasteiger charge is -2.08. The highest BCUT2D eigenvalue weighted by atomic mass is 19.1. The third-order valence-electron chi connectivity index (χ3n) is 3.34. The molecule has 122 valence electrons. The predicted octanol–water partition coefficient (Wildman–Crippen LogP) is 1.24. The molecule has 0 saturated carbocycles. The van der Waals surface area contributed by atoms with Gasteiger partial charge in [0, 0.05) is 17.3 Å². The zero-order valence-electron chi connectivity index (χ0n) is 12.2. The van der Waals surface area contributed by atoms with Crippen molar-refractivity contribution in [3.8, 4) is 11.5 Å². The highest BCUT2D eigenvalue weighted by Crippen LogP contribution is 2.19. The molecule has 0 radical (unpaired) electrons. The van der Waals surface area contributed by atoms with Crippen LogP contribution in [0.1, 0.15) is 15.9 Å². The number of carbonyl (C=O) groups excluding carboxylic acids is 1. The topological polar surface area (TPSA) is 93.8 Å². The summed E-state index contributed by atoms with van der Waals surface area (Å²) >= 11 is 0. The molecular formula is C15H11F2N5O2. The van der Waals surface area contributed by atoms with Crippen molar-refractivity contribution in [2.45, 2.75) is 6.54 Å². The Labute approximate surface area is 134 Å². The Kier molecular flexibility index (Phi) is 4.34. The summed E-state index contributed by atoms with van der Waals surface area (Å²) in [5, 5.41) is 19.8. The quantitative estimate of drug-likeness (QED) is 0.707. The number of aliphatic hydroxyl groups is 1. The number of Topliss-reactive ketones (excluding diaryl/α,β-unsaturated/α-hetero) is 1. The number of carbonyl (C=O) groups is 1. The number of nitrogens with zero attached hydrogens (tertiary/aromatic N) is 5. The zero-order valence-corrected chi connectivity index (χ0v) is 12.2. The van der Waals surface area contributed by atoms with Gasteiger partial charge >= 0.3 is 0 Å². The summed E-state index contributed by atoms with van der Waals surface area (Å²) in [4.78, 5) is 15.4. The minimum atomic E-state index is -0.922. The van der Waals surface area contributed by atoms with Crippen LogP contribution in [0, 0.1) is 11.6 Å². The summed E-state index contributed by atoms with van der Waals surface area (Å²) in [6, 6.07) is 6.87. The molecule has 24 heavy (non-hydrogen) atoms. The van der Waals surface area contributed by atoms with Crippen LogP contribution in [0.2, 0.25) is 0 Å². The van der Waals surface area contributed by atoms with E-state index >= 15 is 0 Å². The zero-order chi connectivity index (χ0) is 17.1. The number of aromatic nitrogens is 5. The molecule has 7 nitrogen and oxygen atoms in total. The first-order valence-electron chi connectivity index (χ1n) is 6.89. The molecule has 0 aliphatic rings. The molecule has 0 spiro atoms. The largest absolute Gasteiger partial charge is 0.388 e. The maximum absolute atomic E-state index is 14.2. The third-order valence-corrected chi connectivity index (χ3v) is 3.34. The molecule has 0 aliphatic carbocycles. The highest BCUT2D eigenvalue weighted by molar-refractivity contribution is 5.97. The maximum Gasteiger partial charge on any atom is 0.200 e. The average molecular weight is 331 g/mol. The Hall–Kier alpha value is -3.07. The maximum atomic E-state index is 14.2.